The summed E-state index contributed by atoms with van der Waals surface area (Å²) >= 11 is 12.1. The molecule has 1 heterocycles. The highest BCUT2D eigenvalue weighted by atomic mass is 35.5. The number of hydrogen-bond acceptors (Lipinski definition) is 6. The van der Waals surface area contributed by atoms with E-state index in [1.165, 1.54) is 7.11 Å². The van der Waals surface area contributed by atoms with Gasteiger partial charge in [0.25, 0.3) is 5.91 Å². The van der Waals surface area contributed by atoms with Gasteiger partial charge in [-0.1, -0.05) is 29.3 Å². The van der Waals surface area contributed by atoms with E-state index in [0.717, 1.165) is 18.7 Å². The molecule has 2 aromatic carbocycles. The van der Waals surface area contributed by atoms with Gasteiger partial charge in [0.05, 0.1) is 35.4 Å². The number of ether oxygens (including phenoxy) is 3. The van der Waals surface area contributed by atoms with Gasteiger partial charge >= 0.3 is 5.97 Å². The monoisotopic (exact) mass is 466 g/mol. The van der Waals surface area contributed by atoms with Gasteiger partial charge in [-0.3, -0.25) is 9.69 Å². The summed E-state index contributed by atoms with van der Waals surface area (Å²) in [5, 5.41) is 3.91. The molecule has 1 amide bonds. The van der Waals surface area contributed by atoms with Gasteiger partial charge in [0.2, 0.25) is 0 Å². The fraction of sp³-hybridized carbons (Fsp3) is 0.364. The van der Waals surface area contributed by atoms with Crippen LogP contribution in [0.4, 0.5) is 0 Å². The Bertz CT molecular complexity index is 907. The maximum Gasteiger partial charge on any atom is 0.337 e. The van der Waals surface area contributed by atoms with Crippen molar-refractivity contribution in [3.8, 4) is 5.75 Å². The molecule has 0 aromatic heterocycles. The van der Waals surface area contributed by atoms with Gasteiger partial charge < -0.3 is 19.5 Å². The highest BCUT2D eigenvalue weighted by Crippen LogP contribution is 2.23. The molecule has 9 heteroatoms. The van der Waals surface area contributed by atoms with Crippen LogP contribution in [0.25, 0.3) is 0 Å². The highest BCUT2D eigenvalue weighted by molar-refractivity contribution is 6.42. The molecule has 1 fully saturated rings. The van der Waals surface area contributed by atoms with E-state index in [4.69, 9.17) is 32.7 Å². The number of carbonyl (C=O) groups excluding carboxylic acids is 2. The maximum absolute atomic E-state index is 12.1. The van der Waals surface area contributed by atoms with Crippen LogP contribution in [-0.4, -0.2) is 62.8 Å². The molecule has 0 radical (unpaired) electrons. The highest BCUT2D eigenvalue weighted by Gasteiger charge is 2.21. The van der Waals surface area contributed by atoms with E-state index >= 15 is 0 Å². The number of halogens is 2. The Morgan fingerprint density at radius 2 is 1.94 bits per heavy atom. The van der Waals surface area contributed by atoms with Crippen molar-refractivity contribution < 1.29 is 23.8 Å². The summed E-state index contributed by atoms with van der Waals surface area (Å²) in [4.78, 5) is 25.8. The van der Waals surface area contributed by atoms with Crippen LogP contribution in [-0.2, 0) is 20.8 Å². The molecule has 0 bridgehead atoms. The van der Waals surface area contributed by atoms with Crippen LogP contribution in [0.15, 0.2) is 42.5 Å². The number of rotatable bonds is 8. The second-order valence-electron chi connectivity index (χ2n) is 7.09. The van der Waals surface area contributed by atoms with Crippen molar-refractivity contribution in [2.24, 2.45) is 0 Å². The number of nitrogens with one attached hydrogen (secondary N) is 1. The molecular formula is C22H24Cl2N2O5. The van der Waals surface area contributed by atoms with Crippen molar-refractivity contribution in [1.29, 1.82) is 0 Å². The van der Waals surface area contributed by atoms with E-state index < -0.39 is 5.97 Å². The number of esters is 1. The summed E-state index contributed by atoms with van der Waals surface area (Å²) in [6, 6.07) is 12.0. The molecule has 0 spiro atoms. The molecular weight excluding hydrogens is 443 g/mol. The van der Waals surface area contributed by atoms with E-state index in [-0.39, 0.29) is 18.6 Å². The minimum atomic E-state index is -0.426. The van der Waals surface area contributed by atoms with Gasteiger partial charge in [-0.15, -0.1) is 0 Å². The molecule has 1 saturated heterocycles. The molecule has 0 aliphatic carbocycles. The second kappa shape index (κ2) is 11.3. The summed E-state index contributed by atoms with van der Waals surface area (Å²) < 4.78 is 15.9. The van der Waals surface area contributed by atoms with Crippen LogP contribution < -0.4 is 10.1 Å². The molecule has 1 aliphatic heterocycles. The standard InChI is InChI=1S/C22H24Cl2N2O5/c1-29-22(28)16-3-5-17(6-4-16)31-14-21(27)25-11-18-13-26(8-9-30-18)12-15-2-7-19(23)20(24)10-15/h2-7,10,18H,8-9,11-14H2,1H3,(H,25,27). The summed E-state index contributed by atoms with van der Waals surface area (Å²) in [7, 11) is 1.32. The Morgan fingerprint density at radius 1 is 1.16 bits per heavy atom. The predicted octanol–water partition coefficient (Wildman–Crippen LogP) is 3.18. The first-order valence-electron chi connectivity index (χ1n) is 9.80. The molecule has 1 unspecified atom stereocenters. The van der Waals surface area contributed by atoms with Crippen LogP contribution in [0, 0.1) is 0 Å². The normalized spacial score (nSPS) is 16.5. The van der Waals surface area contributed by atoms with Gasteiger partial charge in [-0.25, -0.2) is 4.79 Å². The second-order valence-corrected chi connectivity index (χ2v) is 7.90. The first kappa shape index (κ1) is 23.3. The van der Waals surface area contributed by atoms with Crippen molar-refractivity contribution >= 4 is 35.1 Å². The van der Waals surface area contributed by atoms with Gasteiger partial charge in [0.1, 0.15) is 5.75 Å². The zero-order chi connectivity index (χ0) is 22.2. The Labute approximate surface area is 191 Å². The molecule has 31 heavy (non-hydrogen) atoms. The smallest absolute Gasteiger partial charge is 0.337 e. The largest absolute Gasteiger partial charge is 0.484 e. The van der Waals surface area contributed by atoms with Crippen molar-refractivity contribution in [2.45, 2.75) is 12.6 Å². The first-order chi connectivity index (χ1) is 14.9. The van der Waals surface area contributed by atoms with E-state index in [2.05, 4.69) is 15.0 Å². The summed E-state index contributed by atoms with van der Waals surface area (Å²) in [5.74, 6) is -0.184. The van der Waals surface area contributed by atoms with Crippen LogP contribution in [0.2, 0.25) is 10.0 Å². The molecule has 2 aromatic rings. The summed E-state index contributed by atoms with van der Waals surface area (Å²) in [6.07, 6.45) is -0.111. The molecule has 3 rings (SSSR count). The van der Waals surface area contributed by atoms with Crippen LogP contribution in [0.5, 0.6) is 5.75 Å². The zero-order valence-electron chi connectivity index (χ0n) is 17.1. The minimum absolute atomic E-state index is 0.111. The SMILES string of the molecule is COC(=O)c1ccc(OCC(=O)NCC2CN(Cc3ccc(Cl)c(Cl)c3)CCO2)cc1. The van der Waals surface area contributed by atoms with Crippen LogP contribution >= 0.6 is 23.2 Å². The van der Waals surface area contributed by atoms with Gasteiger partial charge in [-0.2, -0.15) is 0 Å². The van der Waals surface area contributed by atoms with Gasteiger partial charge in [0.15, 0.2) is 6.61 Å². The van der Waals surface area contributed by atoms with Gasteiger partial charge in [-0.05, 0) is 42.0 Å². The number of nitrogens with zero attached hydrogens (tertiary/aromatic N) is 1. The Kier molecular flexibility index (Phi) is 8.54. The van der Waals surface area contributed by atoms with Gasteiger partial charge in [0, 0.05) is 26.2 Å². The topological polar surface area (TPSA) is 77.1 Å². The third-order valence-corrected chi connectivity index (χ3v) is 5.52. The molecule has 0 saturated carbocycles. The van der Waals surface area contributed by atoms with E-state index in [1.54, 1.807) is 30.3 Å². The third-order valence-electron chi connectivity index (χ3n) is 4.79. The third kappa shape index (κ3) is 7.11. The number of morpholine rings is 1. The first-order valence-corrected chi connectivity index (χ1v) is 10.6. The number of carbonyl (C=O) groups is 2. The Hall–Kier alpha value is -2.32. The lowest BCUT2D eigenvalue weighted by Crippen LogP contribution is -2.47. The number of amides is 1. The van der Waals surface area contributed by atoms with E-state index in [9.17, 15) is 9.59 Å². The summed E-state index contributed by atoms with van der Waals surface area (Å²) in [6.45, 7) is 3.07. The van der Waals surface area contributed by atoms with Crippen LogP contribution in [0.1, 0.15) is 15.9 Å². The fourth-order valence-corrected chi connectivity index (χ4v) is 3.50. The lowest BCUT2D eigenvalue weighted by molar-refractivity contribution is -0.124. The molecule has 1 aliphatic rings. The molecule has 1 atom stereocenters. The van der Waals surface area contributed by atoms with Crippen molar-refractivity contribution in [1.82, 2.24) is 10.2 Å². The quantitative estimate of drug-likeness (QED) is 0.602. The van der Waals surface area contributed by atoms with E-state index in [1.807, 2.05) is 12.1 Å². The number of hydrogen-bond donors (Lipinski definition) is 1. The minimum Gasteiger partial charge on any atom is -0.484 e. The maximum atomic E-state index is 12.1. The summed E-state index contributed by atoms with van der Waals surface area (Å²) in [5.41, 5.74) is 1.49. The zero-order valence-corrected chi connectivity index (χ0v) is 18.6. The van der Waals surface area contributed by atoms with Crippen molar-refractivity contribution in [2.75, 3.05) is 40.0 Å². The molecule has 7 nitrogen and oxygen atoms in total. The molecule has 166 valence electrons. The molecule has 1 N–H and O–H groups in total. The van der Waals surface area contributed by atoms with Crippen molar-refractivity contribution in [3.63, 3.8) is 0 Å². The fourth-order valence-electron chi connectivity index (χ4n) is 3.18. The number of benzene rings is 2. The Balaban J connectivity index is 1.40. The van der Waals surface area contributed by atoms with Crippen LogP contribution in [0.3, 0.4) is 0 Å². The van der Waals surface area contributed by atoms with Crippen molar-refractivity contribution in [3.05, 3.63) is 63.6 Å². The average Bonchev–Trinajstić information content (AvgIpc) is 2.79. The van der Waals surface area contributed by atoms with E-state index in [0.29, 0.717) is 41.1 Å². The average molecular weight is 467 g/mol. The Morgan fingerprint density at radius 3 is 2.65 bits per heavy atom. The lowest BCUT2D eigenvalue weighted by atomic mass is 10.2. The lowest BCUT2D eigenvalue weighted by Gasteiger charge is -2.33. The predicted molar refractivity (Wildman–Crippen MR) is 118 cm³/mol. The number of methoxy groups -OCH3 is 1.